The molecule has 0 fully saturated rings. The van der Waals surface area contributed by atoms with Crippen molar-refractivity contribution in [2.24, 2.45) is 0 Å². The van der Waals surface area contributed by atoms with Crippen LogP contribution in [0.5, 0.6) is 0 Å². The lowest BCUT2D eigenvalue weighted by atomic mass is 10.0. The second-order valence-corrected chi connectivity index (χ2v) is 5.88. The van der Waals surface area contributed by atoms with Gasteiger partial charge in [0.15, 0.2) is 0 Å². The van der Waals surface area contributed by atoms with Gasteiger partial charge in [0.25, 0.3) is 5.91 Å². The summed E-state index contributed by atoms with van der Waals surface area (Å²) in [6, 6.07) is 5.26. The van der Waals surface area contributed by atoms with E-state index in [-0.39, 0.29) is 12.3 Å². The van der Waals surface area contributed by atoms with Crippen molar-refractivity contribution in [3.05, 3.63) is 51.8 Å². The molecule has 0 unspecified atom stereocenters. The van der Waals surface area contributed by atoms with Crippen molar-refractivity contribution in [1.82, 2.24) is 4.98 Å². The van der Waals surface area contributed by atoms with Crippen molar-refractivity contribution in [3.63, 3.8) is 0 Å². The minimum atomic E-state index is -0.829. The largest absolute Gasteiger partial charge is 0.481 e. The number of H-pyrrole nitrogens is 1. The average molecular weight is 331 g/mol. The first-order chi connectivity index (χ1) is 11.0. The minimum Gasteiger partial charge on any atom is -0.481 e. The first-order valence-electron chi connectivity index (χ1n) is 7.17. The van der Waals surface area contributed by atoms with E-state index < -0.39 is 5.97 Å². The van der Waals surface area contributed by atoms with Gasteiger partial charge in [0.1, 0.15) is 0 Å². The molecule has 2 aromatic rings. The summed E-state index contributed by atoms with van der Waals surface area (Å²) in [6.07, 6.45) is 4.09. The van der Waals surface area contributed by atoms with Crippen LogP contribution in [0.25, 0.3) is 11.6 Å². The second-order valence-electron chi connectivity index (χ2n) is 5.45. The molecule has 0 radical (unpaired) electrons. The van der Waals surface area contributed by atoms with Gasteiger partial charge in [0, 0.05) is 34.6 Å². The van der Waals surface area contributed by atoms with Gasteiger partial charge in [0.05, 0.1) is 5.57 Å². The Balaban J connectivity index is 1.95. The number of carbonyl (C=O) groups excluding carboxylic acids is 1. The molecule has 6 heteroatoms. The topological polar surface area (TPSA) is 82.2 Å². The Bertz CT molecular complexity index is 836. The summed E-state index contributed by atoms with van der Waals surface area (Å²) in [7, 11) is 0. The van der Waals surface area contributed by atoms with Crippen molar-refractivity contribution >= 4 is 40.8 Å². The zero-order chi connectivity index (χ0) is 16.6. The number of aliphatic carboxylic acids is 1. The molecule has 0 spiro atoms. The molecule has 3 rings (SSSR count). The molecule has 3 N–H and O–H groups in total. The van der Waals surface area contributed by atoms with Crippen molar-refractivity contribution in [2.75, 3.05) is 5.32 Å². The zero-order valence-electron chi connectivity index (χ0n) is 12.4. The van der Waals surface area contributed by atoms with Crippen LogP contribution in [0.2, 0.25) is 5.02 Å². The summed E-state index contributed by atoms with van der Waals surface area (Å²) in [5.74, 6) is -1.01. The molecule has 23 heavy (non-hydrogen) atoms. The number of nitrogens with one attached hydrogen (secondary N) is 2. The SMILES string of the molecule is Cc1c(CCC(=O)O)c[nH]c1C=C1C(=O)Nc2ccc(Cl)cc21. The number of halogens is 1. The van der Waals surface area contributed by atoms with Gasteiger partial charge in [-0.15, -0.1) is 0 Å². The molecule has 5 nitrogen and oxygen atoms in total. The molecule has 0 bridgehead atoms. The van der Waals surface area contributed by atoms with E-state index in [9.17, 15) is 9.59 Å². The van der Waals surface area contributed by atoms with E-state index in [0.29, 0.717) is 17.0 Å². The molecule has 0 saturated carbocycles. The molecule has 118 valence electrons. The first kappa shape index (κ1) is 15.4. The summed E-state index contributed by atoms with van der Waals surface area (Å²) >= 11 is 6.02. The summed E-state index contributed by atoms with van der Waals surface area (Å²) < 4.78 is 0. The summed E-state index contributed by atoms with van der Waals surface area (Å²) in [6.45, 7) is 1.91. The Morgan fingerprint density at radius 1 is 1.39 bits per heavy atom. The molecule has 0 atom stereocenters. The van der Waals surface area contributed by atoms with E-state index >= 15 is 0 Å². The summed E-state index contributed by atoms with van der Waals surface area (Å²) in [5.41, 5.74) is 4.72. The Labute approximate surface area is 138 Å². The molecular formula is C17H15ClN2O3. The van der Waals surface area contributed by atoms with Crippen LogP contribution in [-0.2, 0) is 16.0 Å². The lowest BCUT2D eigenvalue weighted by Gasteiger charge is -2.00. The van der Waals surface area contributed by atoms with E-state index in [1.165, 1.54) is 0 Å². The third-order valence-electron chi connectivity index (χ3n) is 3.95. The highest BCUT2D eigenvalue weighted by molar-refractivity contribution is 6.36. The van der Waals surface area contributed by atoms with Crippen LogP contribution in [-0.4, -0.2) is 22.0 Å². The number of aromatic amines is 1. The van der Waals surface area contributed by atoms with Gasteiger partial charge in [-0.25, -0.2) is 0 Å². The Kier molecular flexibility index (Phi) is 3.96. The molecule has 1 aliphatic heterocycles. The fourth-order valence-electron chi connectivity index (χ4n) is 2.65. The minimum absolute atomic E-state index is 0.0770. The Morgan fingerprint density at radius 3 is 2.91 bits per heavy atom. The number of amides is 1. The molecule has 1 amide bonds. The number of fused-ring (bicyclic) bond motifs is 1. The van der Waals surface area contributed by atoms with Crippen LogP contribution in [0, 0.1) is 6.92 Å². The number of carboxylic acids is 1. The number of rotatable bonds is 4. The highest BCUT2D eigenvalue weighted by atomic mass is 35.5. The van der Waals surface area contributed by atoms with Crippen LogP contribution < -0.4 is 5.32 Å². The van der Waals surface area contributed by atoms with Crippen molar-refractivity contribution in [1.29, 1.82) is 0 Å². The van der Waals surface area contributed by atoms with Gasteiger partial charge >= 0.3 is 5.97 Å². The fourth-order valence-corrected chi connectivity index (χ4v) is 2.83. The van der Waals surface area contributed by atoms with E-state index in [2.05, 4.69) is 10.3 Å². The number of hydrogen-bond donors (Lipinski definition) is 3. The van der Waals surface area contributed by atoms with Crippen LogP contribution >= 0.6 is 11.6 Å². The number of aromatic nitrogens is 1. The maximum absolute atomic E-state index is 12.2. The molecule has 0 aliphatic carbocycles. The first-order valence-corrected chi connectivity index (χ1v) is 7.55. The van der Waals surface area contributed by atoms with Crippen molar-refractivity contribution < 1.29 is 14.7 Å². The lowest BCUT2D eigenvalue weighted by molar-refractivity contribution is -0.137. The average Bonchev–Trinajstić information content (AvgIpc) is 2.99. The molecule has 1 aromatic carbocycles. The van der Waals surface area contributed by atoms with E-state index in [1.807, 2.05) is 6.92 Å². The predicted octanol–water partition coefficient (Wildman–Crippen LogP) is 3.49. The van der Waals surface area contributed by atoms with Crippen LogP contribution in [0.15, 0.2) is 24.4 Å². The number of carboxylic acid groups (broad SMARTS) is 1. The number of anilines is 1. The summed E-state index contributed by atoms with van der Waals surface area (Å²) in [4.78, 5) is 26.0. The standard InChI is InChI=1S/C17H15ClN2O3/c1-9-10(2-5-16(21)22)8-19-15(9)7-13-12-6-11(18)3-4-14(12)20-17(13)23/h3-4,6-8,19H,2,5H2,1H3,(H,20,23)(H,21,22). The number of hydrogen-bond acceptors (Lipinski definition) is 2. The van der Waals surface area contributed by atoms with Gasteiger partial charge in [-0.2, -0.15) is 0 Å². The normalized spacial score (nSPS) is 14.9. The maximum Gasteiger partial charge on any atom is 0.303 e. The van der Waals surface area contributed by atoms with Crippen LogP contribution in [0.4, 0.5) is 5.69 Å². The van der Waals surface area contributed by atoms with E-state index in [1.54, 1.807) is 30.5 Å². The van der Waals surface area contributed by atoms with Crippen LogP contribution in [0.3, 0.4) is 0 Å². The molecule has 1 aliphatic rings. The maximum atomic E-state index is 12.2. The third kappa shape index (κ3) is 3.00. The monoisotopic (exact) mass is 330 g/mol. The van der Waals surface area contributed by atoms with E-state index in [4.69, 9.17) is 16.7 Å². The van der Waals surface area contributed by atoms with Crippen molar-refractivity contribution in [2.45, 2.75) is 19.8 Å². The smallest absolute Gasteiger partial charge is 0.303 e. The highest BCUT2D eigenvalue weighted by Gasteiger charge is 2.24. The highest BCUT2D eigenvalue weighted by Crippen LogP contribution is 2.35. The summed E-state index contributed by atoms with van der Waals surface area (Å²) in [5, 5.41) is 12.2. The van der Waals surface area contributed by atoms with Gasteiger partial charge in [-0.1, -0.05) is 11.6 Å². The molecule has 2 heterocycles. The lowest BCUT2D eigenvalue weighted by Crippen LogP contribution is -2.03. The molecule has 0 saturated heterocycles. The van der Waals surface area contributed by atoms with Gasteiger partial charge in [-0.05, 0) is 48.7 Å². The zero-order valence-corrected chi connectivity index (χ0v) is 13.2. The molecule has 1 aromatic heterocycles. The number of aryl methyl sites for hydroxylation is 1. The van der Waals surface area contributed by atoms with E-state index in [0.717, 1.165) is 28.1 Å². The Hall–Kier alpha value is -2.53. The number of benzene rings is 1. The second kappa shape index (κ2) is 5.93. The number of carbonyl (C=O) groups is 2. The van der Waals surface area contributed by atoms with Gasteiger partial charge in [-0.3, -0.25) is 9.59 Å². The molecular weight excluding hydrogens is 316 g/mol. The van der Waals surface area contributed by atoms with Crippen LogP contribution in [0.1, 0.15) is 28.8 Å². The van der Waals surface area contributed by atoms with Gasteiger partial charge in [0.2, 0.25) is 0 Å². The fraction of sp³-hybridized carbons (Fsp3) is 0.176. The third-order valence-corrected chi connectivity index (χ3v) is 4.18. The predicted molar refractivity (Wildman–Crippen MR) is 89.4 cm³/mol. The quantitative estimate of drug-likeness (QED) is 0.750. The van der Waals surface area contributed by atoms with Crippen molar-refractivity contribution in [3.8, 4) is 0 Å². The Morgan fingerprint density at radius 2 is 2.17 bits per heavy atom. The van der Waals surface area contributed by atoms with Gasteiger partial charge < -0.3 is 15.4 Å².